The van der Waals surface area contributed by atoms with Crippen molar-refractivity contribution in [1.29, 1.82) is 0 Å². The number of aliphatic hydroxyl groups is 1. The van der Waals surface area contributed by atoms with Crippen LogP contribution in [0.25, 0.3) is 10.8 Å². The monoisotopic (exact) mass is 273 g/mol. The zero-order valence-corrected chi connectivity index (χ0v) is 12.4. The molecule has 0 bridgehead atoms. The van der Waals surface area contributed by atoms with Gasteiger partial charge in [-0.2, -0.15) is 0 Å². The third-order valence-electron chi connectivity index (χ3n) is 3.59. The highest BCUT2D eigenvalue weighted by Crippen LogP contribution is 2.33. The fraction of sp³-hybridized carbons (Fsp3) is 0.412. The topological polar surface area (TPSA) is 41.5 Å². The zero-order chi connectivity index (χ0) is 14.5. The maximum atomic E-state index is 9.38. The lowest BCUT2D eigenvalue weighted by Crippen LogP contribution is -2.15. The largest absolute Gasteiger partial charge is 0.492 e. The Bertz CT molecular complexity index is 566. The molecule has 0 aliphatic rings. The molecule has 0 spiro atoms. The lowest BCUT2D eigenvalue weighted by atomic mass is 10.0. The predicted molar refractivity (Wildman–Crippen MR) is 83.2 cm³/mol. The first kappa shape index (κ1) is 14.8. The Morgan fingerprint density at radius 1 is 1.15 bits per heavy atom. The molecular formula is C17H23NO2. The molecule has 0 amide bonds. The van der Waals surface area contributed by atoms with Crippen LogP contribution in [0.15, 0.2) is 36.4 Å². The van der Waals surface area contributed by atoms with Crippen molar-refractivity contribution in [2.24, 2.45) is 0 Å². The Kier molecular flexibility index (Phi) is 4.99. The van der Waals surface area contributed by atoms with Gasteiger partial charge in [-0.15, -0.1) is 0 Å². The summed E-state index contributed by atoms with van der Waals surface area (Å²) in [6.45, 7) is 4.42. The lowest BCUT2D eigenvalue weighted by molar-refractivity contribution is 0.155. The summed E-state index contributed by atoms with van der Waals surface area (Å²) in [5, 5.41) is 14.9. The highest BCUT2D eigenvalue weighted by molar-refractivity contribution is 5.89. The van der Waals surface area contributed by atoms with Crippen LogP contribution in [0.3, 0.4) is 0 Å². The van der Waals surface area contributed by atoms with Crippen LogP contribution in [0.5, 0.6) is 5.75 Å². The number of ether oxygens (including phenoxy) is 1. The van der Waals surface area contributed by atoms with Crippen LogP contribution in [0, 0.1) is 0 Å². The number of hydrogen-bond donors (Lipinski definition) is 2. The van der Waals surface area contributed by atoms with Gasteiger partial charge in [0.15, 0.2) is 0 Å². The fourth-order valence-corrected chi connectivity index (χ4v) is 2.25. The van der Waals surface area contributed by atoms with Crippen molar-refractivity contribution in [3.8, 4) is 5.75 Å². The van der Waals surface area contributed by atoms with Gasteiger partial charge in [-0.3, -0.25) is 0 Å². The quantitative estimate of drug-likeness (QED) is 0.848. The number of benzene rings is 2. The Morgan fingerprint density at radius 3 is 2.60 bits per heavy atom. The Balaban J connectivity index is 2.39. The van der Waals surface area contributed by atoms with Crippen molar-refractivity contribution >= 4 is 10.8 Å². The molecule has 2 atom stereocenters. The van der Waals surface area contributed by atoms with E-state index in [-0.39, 0.29) is 12.1 Å². The molecule has 0 saturated heterocycles. The maximum absolute atomic E-state index is 9.38. The molecule has 2 aromatic carbocycles. The predicted octanol–water partition coefficient (Wildman–Crippen LogP) is 3.27. The Hall–Kier alpha value is -1.58. The minimum atomic E-state index is -0.338. The van der Waals surface area contributed by atoms with Crippen molar-refractivity contribution in [2.45, 2.75) is 32.4 Å². The van der Waals surface area contributed by atoms with Gasteiger partial charge in [-0.05, 0) is 26.3 Å². The third kappa shape index (κ3) is 3.30. The van der Waals surface area contributed by atoms with E-state index in [0.29, 0.717) is 13.0 Å². The number of hydrogen-bond acceptors (Lipinski definition) is 3. The van der Waals surface area contributed by atoms with Crippen molar-refractivity contribution in [3.63, 3.8) is 0 Å². The van der Waals surface area contributed by atoms with Crippen LogP contribution in [-0.4, -0.2) is 24.9 Å². The fourth-order valence-electron chi connectivity index (χ4n) is 2.25. The summed E-state index contributed by atoms with van der Waals surface area (Å²) in [7, 11) is 1.94. The minimum absolute atomic E-state index is 0.223. The molecule has 2 rings (SSSR count). The van der Waals surface area contributed by atoms with Crippen molar-refractivity contribution in [1.82, 2.24) is 5.32 Å². The summed E-state index contributed by atoms with van der Waals surface area (Å²) in [6, 6.07) is 12.7. The van der Waals surface area contributed by atoms with Gasteiger partial charge < -0.3 is 15.2 Å². The van der Waals surface area contributed by atoms with E-state index in [9.17, 15) is 5.11 Å². The van der Waals surface area contributed by atoms with Crippen LogP contribution in [0.4, 0.5) is 0 Å². The second-order valence-corrected chi connectivity index (χ2v) is 5.20. The molecule has 2 aromatic rings. The van der Waals surface area contributed by atoms with Gasteiger partial charge in [-0.1, -0.05) is 36.4 Å². The number of nitrogens with one attached hydrogen (secondary N) is 1. The standard InChI is InChI=1S/C17H23NO2/c1-12(19)10-11-20-17-15(13(2)18-3)9-8-14-6-4-5-7-16(14)17/h4-9,12-13,18-19H,10-11H2,1-3H3. The lowest BCUT2D eigenvalue weighted by Gasteiger charge is -2.19. The second kappa shape index (κ2) is 6.73. The van der Waals surface area contributed by atoms with Crippen molar-refractivity contribution in [3.05, 3.63) is 42.0 Å². The van der Waals surface area contributed by atoms with Crippen LogP contribution in [0.1, 0.15) is 31.9 Å². The first-order valence-electron chi connectivity index (χ1n) is 7.13. The first-order chi connectivity index (χ1) is 9.63. The molecule has 0 radical (unpaired) electrons. The molecule has 108 valence electrons. The van der Waals surface area contributed by atoms with E-state index in [0.717, 1.165) is 16.7 Å². The molecule has 3 nitrogen and oxygen atoms in total. The van der Waals surface area contributed by atoms with E-state index in [1.54, 1.807) is 6.92 Å². The molecular weight excluding hydrogens is 250 g/mol. The minimum Gasteiger partial charge on any atom is -0.492 e. The molecule has 2 N–H and O–H groups in total. The summed E-state index contributed by atoms with van der Waals surface area (Å²) in [5.74, 6) is 0.922. The molecule has 0 aliphatic heterocycles. The summed E-state index contributed by atoms with van der Waals surface area (Å²) in [4.78, 5) is 0. The first-order valence-corrected chi connectivity index (χ1v) is 7.13. The third-order valence-corrected chi connectivity index (χ3v) is 3.59. The number of fused-ring (bicyclic) bond motifs is 1. The van der Waals surface area contributed by atoms with E-state index in [1.165, 1.54) is 5.39 Å². The summed E-state index contributed by atoms with van der Waals surface area (Å²) >= 11 is 0. The average molecular weight is 273 g/mol. The van der Waals surface area contributed by atoms with E-state index in [2.05, 4.69) is 36.5 Å². The van der Waals surface area contributed by atoms with Gasteiger partial charge in [-0.25, -0.2) is 0 Å². The van der Waals surface area contributed by atoms with Gasteiger partial charge in [0, 0.05) is 23.4 Å². The van der Waals surface area contributed by atoms with Gasteiger partial charge in [0.25, 0.3) is 0 Å². The number of rotatable bonds is 6. The van der Waals surface area contributed by atoms with Crippen LogP contribution < -0.4 is 10.1 Å². The molecule has 0 aliphatic carbocycles. The van der Waals surface area contributed by atoms with Gasteiger partial charge in [0.05, 0.1) is 12.7 Å². The molecule has 2 unspecified atom stereocenters. The highest BCUT2D eigenvalue weighted by Gasteiger charge is 2.13. The van der Waals surface area contributed by atoms with E-state index < -0.39 is 0 Å². The Labute approximate surface area is 120 Å². The van der Waals surface area contributed by atoms with E-state index >= 15 is 0 Å². The SMILES string of the molecule is CNC(C)c1ccc2ccccc2c1OCCC(C)O. The van der Waals surface area contributed by atoms with E-state index in [1.807, 2.05) is 19.2 Å². The molecule has 0 fully saturated rings. The highest BCUT2D eigenvalue weighted by atomic mass is 16.5. The van der Waals surface area contributed by atoms with Gasteiger partial charge in [0.1, 0.15) is 5.75 Å². The molecule has 3 heteroatoms. The zero-order valence-electron chi connectivity index (χ0n) is 12.4. The summed E-state index contributed by atoms with van der Waals surface area (Å²) < 4.78 is 5.98. The smallest absolute Gasteiger partial charge is 0.131 e. The van der Waals surface area contributed by atoms with Crippen LogP contribution >= 0.6 is 0 Å². The van der Waals surface area contributed by atoms with Gasteiger partial charge >= 0.3 is 0 Å². The Morgan fingerprint density at radius 2 is 1.90 bits per heavy atom. The van der Waals surface area contributed by atoms with Crippen molar-refractivity contribution < 1.29 is 9.84 Å². The second-order valence-electron chi connectivity index (χ2n) is 5.20. The molecule has 0 saturated carbocycles. The van der Waals surface area contributed by atoms with E-state index in [4.69, 9.17) is 4.74 Å². The molecule has 0 aromatic heterocycles. The average Bonchev–Trinajstić information content (AvgIpc) is 2.46. The van der Waals surface area contributed by atoms with Crippen molar-refractivity contribution in [2.75, 3.05) is 13.7 Å². The summed E-state index contributed by atoms with van der Waals surface area (Å²) in [6.07, 6.45) is 0.298. The normalized spacial score (nSPS) is 14.2. The molecule has 0 heterocycles. The summed E-state index contributed by atoms with van der Waals surface area (Å²) in [5.41, 5.74) is 1.15. The van der Waals surface area contributed by atoms with Crippen LogP contribution in [0.2, 0.25) is 0 Å². The maximum Gasteiger partial charge on any atom is 0.131 e. The van der Waals surface area contributed by atoms with Gasteiger partial charge in [0.2, 0.25) is 0 Å². The number of aliphatic hydroxyl groups excluding tert-OH is 1. The van der Waals surface area contributed by atoms with Crippen LogP contribution in [-0.2, 0) is 0 Å². The molecule has 20 heavy (non-hydrogen) atoms.